The molecular weight excluding hydrogens is 318 g/mol. The number of rotatable bonds is 3. The first kappa shape index (κ1) is 18.6. The van der Waals surface area contributed by atoms with Gasteiger partial charge in [0.2, 0.25) is 11.8 Å². The molecule has 2 N–H and O–H groups in total. The maximum absolute atomic E-state index is 12.9. The summed E-state index contributed by atoms with van der Waals surface area (Å²) < 4.78 is 0. The van der Waals surface area contributed by atoms with E-state index in [9.17, 15) is 9.59 Å². The van der Waals surface area contributed by atoms with Crippen LogP contribution < -0.4 is 5.73 Å². The highest BCUT2D eigenvalue weighted by Gasteiger charge is 2.34. The summed E-state index contributed by atoms with van der Waals surface area (Å²) in [5.74, 6) is 0.564. The zero-order valence-electron chi connectivity index (χ0n) is 15.5. The van der Waals surface area contributed by atoms with Crippen LogP contribution in [-0.2, 0) is 9.59 Å². The van der Waals surface area contributed by atoms with Gasteiger partial charge in [0, 0.05) is 51.9 Å². The molecule has 1 atom stereocenters. The number of likely N-dealkylation sites (tertiary alicyclic amines) is 2. The molecule has 0 aliphatic carbocycles. The number of piperidine rings is 2. The van der Waals surface area contributed by atoms with Gasteiger partial charge >= 0.3 is 0 Å². The molecule has 0 aromatic rings. The molecule has 0 saturated carbocycles. The molecule has 2 amide bonds. The first-order valence-corrected chi connectivity index (χ1v) is 9.77. The van der Waals surface area contributed by atoms with Crippen LogP contribution in [0.25, 0.3) is 0 Å². The van der Waals surface area contributed by atoms with E-state index in [1.165, 1.54) is 0 Å². The lowest BCUT2D eigenvalue weighted by atomic mass is 9.92. The highest BCUT2D eigenvalue weighted by atomic mass is 16.2. The molecule has 0 spiro atoms. The Morgan fingerprint density at radius 1 is 0.920 bits per heavy atom. The standard InChI is InChI=1S/C18H33N5O2/c1-20-9-11-22(12-10-20)18(25)15-3-2-6-23(14-15)16-4-7-21(8-5-16)17(24)13-19/h15-16H,2-14,19H2,1H3/t15-/m0/s1. The van der Waals surface area contributed by atoms with Crippen molar-refractivity contribution in [1.29, 1.82) is 0 Å². The minimum atomic E-state index is 0.0558. The van der Waals surface area contributed by atoms with Gasteiger partial charge in [-0.1, -0.05) is 0 Å². The fraction of sp³-hybridized carbons (Fsp3) is 0.889. The van der Waals surface area contributed by atoms with Crippen molar-refractivity contribution in [2.24, 2.45) is 11.7 Å². The second-order valence-corrected chi connectivity index (χ2v) is 7.78. The van der Waals surface area contributed by atoms with Crippen LogP contribution in [0.3, 0.4) is 0 Å². The minimum absolute atomic E-state index is 0.0558. The van der Waals surface area contributed by atoms with E-state index in [4.69, 9.17) is 5.73 Å². The van der Waals surface area contributed by atoms with E-state index in [-0.39, 0.29) is 18.4 Å². The Balaban J connectivity index is 1.50. The first-order chi connectivity index (χ1) is 12.1. The third-order valence-corrected chi connectivity index (χ3v) is 6.13. The Morgan fingerprint density at radius 3 is 2.24 bits per heavy atom. The molecule has 0 radical (unpaired) electrons. The highest BCUT2D eigenvalue weighted by molar-refractivity contribution is 5.79. The van der Waals surface area contributed by atoms with Crippen LogP contribution in [0.4, 0.5) is 0 Å². The van der Waals surface area contributed by atoms with E-state index in [0.29, 0.717) is 11.9 Å². The van der Waals surface area contributed by atoms with Gasteiger partial charge in [-0.15, -0.1) is 0 Å². The molecule has 0 unspecified atom stereocenters. The third kappa shape index (κ3) is 4.51. The Hall–Kier alpha value is -1.18. The van der Waals surface area contributed by atoms with Crippen molar-refractivity contribution in [3.05, 3.63) is 0 Å². The molecule has 3 fully saturated rings. The van der Waals surface area contributed by atoms with Gasteiger partial charge < -0.3 is 20.4 Å². The Labute approximate surface area is 151 Å². The summed E-state index contributed by atoms with van der Waals surface area (Å²) in [7, 11) is 2.12. The molecule has 7 heteroatoms. The Bertz CT molecular complexity index is 470. The van der Waals surface area contributed by atoms with Gasteiger partial charge in [-0.25, -0.2) is 0 Å². The SMILES string of the molecule is CN1CCN(C(=O)[C@H]2CCCN(C3CCN(C(=O)CN)CC3)C2)CC1. The predicted octanol–water partition coefficient (Wildman–Crippen LogP) is -0.578. The van der Waals surface area contributed by atoms with E-state index in [0.717, 1.165) is 78.0 Å². The molecule has 142 valence electrons. The van der Waals surface area contributed by atoms with Gasteiger partial charge in [0.15, 0.2) is 0 Å². The molecule has 25 heavy (non-hydrogen) atoms. The second kappa shape index (κ2) is 8.47. The van der Waals surface area contributed by atoms with Gasteiger partial charge in [0.05, 0.1) is 12.5 Å². The summed E-state index contributed by atoms with van der Waals surface area (Å²) in [5.41, 5.74) is 5.46. The lowest BCUT2D eigenvalue weighted by Gasteiger charge is -2.43. The van der Waals surface area contributed by atoms with Crippen LogP contribution in [0, 0.1) is 5.92 Å². The number of nitrogens with two attached hydrogens (primary N) is 1. The topological polar surface area (TPSA) is 73.1 Å². The normalized spacial score (nSPS) is 27.5. The molecule has 3 aliphatic rings. The van der Waals surface area contributed by atoms with Crippen molar-refractivity contribution in [1.82, 2.24) is 19.6 Å². The summed E-state index contributed by atoms with van der Waals surface area (Å²) in [4.78, 5) is 33.3. The minimum Gasteiger partial charge on any atom is -0.341 e. The summed E-state index contributed by atoms with van der Waals surface area (Å²) in [5, 5.41) is 0. The van der Waals surface area contributed by atoms with E-state index >= 15 is 0 Å². The molecular formula is C18H33N5O2. The Kier molecular flexibility index (Phi) is 6.30. The maximum atomic E-state index is 12.9. The second-order valence-electron chi connectivity index (χ2n) is 7.78. The number of likely N-dealkylation sites (N-methyl/N-ethyl adjacent to an activating group) is 1. The third-order valence-electron chi connectivity index (χ3n) is 6.13. The van der Waals surface area contributed by atoms with Gasteiger partial charge in [-0.05, 0) is 39.3 Å². The molecule has 3 saturated heterocycles. The first-order valence-electron chi connectivity index (χ1n) is 9.77. The number of hydrogen-bond donors (Lipinski definition) is 1. The molecule has 3 heterocycles. The van der Waals surface area contributed by atoms with Gasteiger partial charge in [0.25, 0.3) is 0 Å². The largest absolute Gasteiger partial charge is 0.341 e. The lowest BCUT2D eigenvalue weighted by molar-refractivity contribution is -0.139. The summed E-state index contributed by atoms with van der Waals surface area (Å²) in [6.07, 6.45) is 4.13. The van der Waals surface area contributed by atoms with Crippen molar-refractivity contribution in [2.75, 3.05) is 66.0 Å². The van der Waals surface area contributed by atoms with Crippen molar-refractivity contribution in [3.8, 4) is 0 Å². The molecule has 3 rings (SSSR count). The van der Waals surface area contributed by atoms with Crippen molar-refractivity contribution >= 4 is 11.8 Å². The number of carbonyl (C=O) groups excluding carboxylic acids is 2. The van der Waals surface area contributed by atoms with Crippen LogP contribution in [0.15, 0.2) is 0 Å². The van der Waals surface area contributed by atoms with Crippen molar-refractivity contribution in [3.63, 3.8) is 0 Å². The van der Waals surface area contributed by atoms with Gasteiger partial charge in [-0.2, -0.15) is 0 Å². The summed E-state index contributed by atoms with van der Waals surface area (Å²) in [6, 6.07) is 0.505. The molecule has 7 nitrogen and oxygen atoms in total. The van der Waals surface area contributed by atoms with Crippen molar-refractivity contribution < 1.29 is 9.59 Å². The molecule has 3 aliphatic heterocycles. The zero-order chi connectivity index (χ0) is 17.8. The predicted molar refractivity (Wildman–Crippen MR) is 97.0 cm³/mol. The molecule has 0 bridgehead atoms. The Morgan fingerprint density at radius 2 is 1.60 bits per heavy atom. The fourth-order valence-electron chi connectivity index (χ4n) is 4.43. The monoisotopic (exact) mass is 351 g/mol. The fourth-order valence-corrected chi connectivity index (χ4v) is 4.43. The van der Waals surface area contributed by atoms with Gasteiger partial charge in [-0.3, -0.25) is 14.5 Å². The van der Waals surface area contributed by atoms with E-state index in [1.807, 2.05) is 4.90 Å². The number of hydrogen-bond acceptors (Lipinski definition) is 5. The van der Waals surface area contributed by atoms with E-state index in [2.05, 4.69) is 21.7 Å². The summed E-state index contributed by atoms with van der Waals surface area (Å²) in [6.45, 7) is 7.38. The number of piperazine rings is 1. The van der Waals surface area contributed by atoms with E-state index < -0.39 is 0 Å². The summed E-state index contributed by atoms with van der Waals surface area (Å²) >= 11 is 0. The smallest absolute Gasteiger partial charge is 0.236 e. The number of carbonyl (C=O) groups is 2. The highest BCUT2D eigenvalue weighted by Crippen LogP contribution is 2.25. The lowest BCUT2D eigenvalue weighted by Crippen LogP contribution is -2.54. The average Bonchev–Trinajstić information content (AvgIpc) is 2.67. The zero-order valence-corrected chi connectivity index (χ0v) is 15.5. The van der Waals surface area contributed by atoms with Gasteiger partial charge in [0.1, 0.15) is 0 Å². The van der Waals surface area contributed by atoms with Crippen LogP contribution in [0.2, 0.25) is 0 Å². The molecule has 0 aromatic heterocycles. The molecule has 0 aromatic carbocycles. The van der Waals surface area contributed by atoms with Crippen LogP contribution in [0.1, 0.15) is 25.7 Å². The number of nitrogens with zero attached hydrogens (tertiary/aromatic N) is 4. The van der Waals surface area contributed by atoms with Crippen LogP contribution in [-0.4, -0.2) is 103 Å². The average molecular weight is 351 g/mol. The number of amides is 2. The van der Waals surface area contributed by atoms with E-state index in [1.54, 1.807) is 0 Å². The maximum Gasteiger partial charge on any atom is 0.236 e. The van der Waals surface area contributed by atoms with Crippen LogP contribution >= 0.6 is 0 Å². The van der Waals surface area contributed by atoms with Crippen molar-refractivity contribution in [2.45, 2.75) is 31.7 Å². The quantitative estimate of drug-likeness (QED) is 0.737. The van der Waals surface area contributed by atoms with Crippen LogP contribution in [0.5, 0.6) is 0 Å².